The molecule has 1 heterocycles. The number of anilines is 1. The molecule has 0 saturated heterocycles. The molecule has 0 atom stereocenters. The summed E-state index contributed by atoms with van der Waals surface area (Å²) in [5, 5.41) is -0.277. The standard InChI is InChI=1S/C17H24N2O3S/c1-13(20)19-10-9-14-7-8-16(11-15(14)12-19)18-23(21,22)17-5-3-2-4-6-17/h7-8,11,17-18H,2-6,9-10,12H2,1H3. The number of nitrogens with zero attached hydrogens (tertiary/aromatic N) is 1. The van der Waals surface area contributed by atoms with E-state index in [-0.39, 0.29) is 11.2 Å². The van der Waals surface area contributed by atoms with Crippen molar-refractivity contribution >= 4 is 21.6 Å². The molecule has 1 N–H and O–H groups in total. The highest BCUT2D eigenvalue weighted by Crippen LogP contribution is 2.27. The van der Waals surface area contributed by atoms with Crippen molar-refractivity contribution in [2.24, 2.45) is 0 Å². The number of fused-ring (bicyclic) bond motifs is 1. The zero-order valence-corrected chi connectivity index (χ0v) is 14.4. The molecule has 1 aliphatic heterocycles. The molecule has 23 heavy (non-hydrogen) atoms. The molecule has 1 fully saturated rings. The normalized spacial score (nSPS) is 19.3. The van der Waals surface area contributed by atoms with Gasteiger partial charge in [0.15, 0.2) is 0 Å². The highest BCUT2D eigenvalue weighted by molar-refractivity contribution is 7.93. The summed E-state index contributed by atoms with van der Waals surface area (Å²) < 4.78 is 27.8. The SMILES string of the molecule is CC(=O)N1CCc2ccc(NS(=O)(=O)C3CCCCC3)cc2C1. The number of nitrogens with one attached hydrogen (secondary N) is 1. The summed E-state index contributed by atoms with van der Waals surface area (Å²) in [5.74, 6) is 0.0591. The van der Waals surface area contributed by atoms with Crippen LogP contribution in [0.3, 0.4) is 0 Å². The van der Waals surface area contributed by atoms with Crippen LogP contribution < -0.4 is 4.72 Å². The van der Waals surface area contributed by atoms with Gasteiger partial charge in [-0.15, -0.1) is 0 Å². The first-order valence-electron chi connectivity index (χ1n) is 8.34. The third kappa shape index (κ3) is 3.68. The first kappa shape index (κ1) is 16.3. The first-order valence-corrected chi connectivity index (χ1v) is 9.89. The Kier molecular flexibility index (Phi) is 4.62. The summed E-state index contributed by atoms with van der Waals surface area (Å²) in [7, 11) is -3.32. The topological polar surface area (TPSA) is 66.5 Å². The molecule has 2 aliphatic rings. The van der Waals surface area contributed by atoms with Gasteiger partial charge in [-0.1, -0.05) is 25.3 Å². The van der Waals surface area contributed by atoms with E-state index in [4.69, 9.17) is 0 Å². The van der Waals surface area contributed by atoms with E-state index in [1.165, 1.54) is 5.56 Å². The summed E-state index contributed by atoms with van der Waals surface area (Å²) >= 11 is 0. The fraction of sp³-hybridized carbons (Fsp3) is 0.588. The zero-order valence-electron chi connectivity index (χ0n) is 13.5. The molecule has 0 unspecified atom stereocenters. The second-order valence-electron chi connectivity index (χ2n) is 6.58. The van der Waals surface area contributed by atoms with Crippen LogP contribution >= 0.6 is 0 Å². The number of sulfonamides is 1. The van der Waals surface area contributed by atoms with Crippen molar-refractivity contribution in [1.29, 1.82) is 0 Å². The Bertz CT molecular complexity index is 694. The second-order valence-corrected chi connectivity index (χ2v) is 8.54. The van der Waals surface area contributed by atoms with E-state index in [1.807, 2.05) is 18.2 Å². The van der Waals surface area contributed by atoms with Crippen molar-refractivity contribution in [2.45, 2.75) is 57.2 Å². The Labute approximate surface area is 138 Å². The molecule has 126 valence electrons. The number of benzene rings is 1. The van der Waals surface area contributed by atoms with Crippen LogP contribution in [0.2, 0.25) is 0 Å². The number of rotatable bonds is 3. The summed E-state index contributed by atoms with van der Waals surface area (Å²) in [4.78, 5) is 13.3. The Morgan fingerprint density at radius 2 is 1.91 bits per heavy atom. The van der Waals surface area contributed by atoms with Crippen molar-refractivity contribution in [3.05, 3.63) is 29.3 Å². The second kappa shape index (κ2) is 6.51. The third-order valence-corrected chi connectivity index (χ3v) is 6.78. The van der Waals surface area contributed by atoms with E-state index >= 15 is 0 Å². The number of carbonyl (C=O) groups excluding carboxylic acids is 1. The van der Waals surface area contributed by atoms with E-state index in [0.717, 1.165) is 50.6 Å². The van der Waals surface area contributed by atoms with Gasteiger partial charge >= 0.3 is 0 Å². The van der Waals surface area contributed by atoms with Crippen LogP contribution in [0.5, 0.6) is 0 Å². The number of hydrogen-bond acceptors (Lipinski definition) is 3. The van der Waals surface area contributed by atoms with Crippen LogP contribution in [0.1, 0.15) is 50.2 Å². The van der Waals surface area contributed by atoms with Crippen molar-refractivity contribution in [3.63, 3.8) is 0 Å². The molecule has 1 aromatic rings. The van der Waals surface area contributed by atoms with Gasteiger partial charge in [0.25, 0.3) is 0 Å². The Morgan fingerprint density at radius 3 is 2.61 bits per heavy atom. The predicted molar refractivity (Wildman–Crippen MR) is 90.7 cm³/mol. The fourth-order valence-corrected chi connectivity index (χ4v) is 5.09. The minimum Gasteiger partial charge on any atom is -0.338 e. The van der Waals surface area contributed by atoms with Gasteiger partial charge in [-0.25, -0.2) is 8.42 Å². The van der Waals surface area contributed by atoms with Crippen LogP contribution in [0.25, 0.3) is 0 Å². The van der Waals surface area contributed by atoms with E-state index < -0.39 is 10.0 Å². The molecule has 1 aromatic carbocycles. The monoisotopic (exact) mass is 336 g/mol. The molecule has 0 bridgehead atoms. The van der Waals surface area contributed by atoms with Gasteiger partial charge in [0.05, 0.1) is 5.25 Å². The molecule has 0 aromatic heterocycles. The molecular weight excluding hydrogens is 312 g/mol. The lowest BCUT2D eigenvalue weighted by Crippen LogP contribution is -2.34. The van der Waals surface area contributed by atoms with Crippen molar-refractivity contribution in [3.8, 4) is 0 Å². The van der Waals surface area contributed by atoms with Crippen LogP contribution in [-0.2, 0) is 27.8 Å². The largest absolute Gasteiger partial charge is 0.338 e. The Balaban J connectivity index is 1.76. The van der Waals surface area contributed by atoms with Gasteiger partial charge in [-0.2, -0.15) is 0 Å². The van der Waals surface area contributed by atoms with E-state index in [2.05, 4.69) is 4.72 Å². The summed E-state index contributed by atoms with van der Waals surface area (Å²) in [6.07, 6.45) is 5.43. The summed E-state index contributed by atoms with van der Waals surface area (Å²) in [5.41, 5.74) is 2.85. The number of hydrogen-bond donors (Lipinski definition) is 1. The zero-order chi connectivity index (χ0) is 16.4. The quantitative estimate of drug-likeness (QED) is 0.923. The van der Waals surface area contributed by atoms with Crippen LogP contribution in [0.4, 0.5) is 5.69 Å². The summed E-state index contributed by atoms with van der Waals surface area (Å²) in [6.45, 7) is 2.86. The molecule has 0 spiro atoms. The Morgan fingerprint density at radius 1 is 1.17 bits per heavy atom. The minimum absolute atomic E-state index is 0.0591. The number of amides is 1. The smallest absolute Gasteiger partial charge is 0.235 e. The fourth-order valence-electron chi connectivity index (χ4n) is 3.51. The maximum absolute atomic E-state index is 12.5. The maximum Gasteiger partial charge on any atom is 0.235 e. The number of carbonyl (C=O) groups is 1. The lowest BCUT2D eigenvalue weighted by Gasteiger charge is -2.28. The summed E-state index contributed by atoms with van der Waals surface area (Å²) in [6, 6.07) is 5.69. The highest BCUT2D eigenvalue weighted by Gasteiger charge is 2.27. The van der Waals surface area contributed by atoms with Crippen LogP contribution in [0, 0.1) is 0 Å². The van der Waals surface area contributed by atoms with Gasteiger partial charge in [-0.05, 0) is 42.5 Å². The van der Waals surface area contributed by atoms with Gasteiger partial charge in [0, 0.05) is 25.7 Å². The van der Waals surface area contributed by atoms with E-state index in [1.54, 1.807) is 11.8 Å². The van der Waals surface area contributed by atoms with Gasteiger partial charge in [0.2, 0.25) is 15.9 Å². The van der Waals surface area contributed by atoms with Crippen LogP contribution in [0.15, 0.2) is 18.2 Å². The minimum atomic E-state index is -3.32. The Hall–Kier alpha value is -1.56. The van der Waals surface area contributed by atoms with Crippen molar-refractivity contribution in [2.75, 3.05) is 11.3 Å². The highest BCUT2D eigenvalue weighted by atomic mass is 32.2. The average Bonchev–Trinajstić information content (AvgIpc) is 2.54. The first-order chi connectivity index (χ1) is 11.0. The molecule has 1 aliphatic carbocycles. The van der Waals surface area contributed by atoms with Crippen molar-refractivity contribution in [1.82, 2.24) is 4.90 Å². The van der Waals surface area contributed by atoms with E-state index in [9.17, 15) is 13.2 Å². The van der Waals surface area contributed by atoms with Crippen molar-refractivity contribution < 1.29 is 13.2 Å². The molecule has 1 saturated carbocycles. The predicted octanol–water partition coefficient (Wildman–Crippen LogP) is 2.67. The molecule has 5 nitrogen and oxygen atoms in total. The van der Waals surface area contributed by atoms with Gasteiger partial charge in [0.1, 0.15) is 0 Å². The maximum atomic E-state index is 12.5. The molecule has 6 heteroatoms. The molecular formula is C17H24N2O3S. The van der Waals surface area contributed by atoms with E-state index in [0.29, 0.717) is 12.2 Å². The third-order valence-electron chi connectivity index (χ3n) is 4.91. The average molecular weight is 336 g/mol. The van der Waals surface area contributed by atoms with Crippen LogP contribution in [-0.4, -0.2) is 31.0 Å². The van der Waals surface area contributed by atoms with Gasteiger partial charge < -0.3 is 4.90 Å². The molecule has 3 rings (SSSR count). The lowest BCUT2D eigenvalue weighted by atomic mass is 9.99. The lowest BCUT2D eigenvalue weighted by molar-refractivity contribution is -0.129. The molecule has 0 radical (unpaired) electrons. The molecule has 1 amide bonds. The van der Waals surface area contributed by atoms with Gasteiger partial charge in [-0.3, -0.25) is 9.52 Å².